The van der Waals surface area contributed by atoms with Gasteiger partial charge in [-0.25, -0.2) is 4.98 Å². The number of hydrogen-bond donors (Lipinski definition) is 0. The van der Waals surface area contributed by atoms with Crippen molar-refractivity contribution in [2.75, 3.05) is 0 Å². The smallest absolute Gasteiger partial charge is 0.146 e. The summed E-state index contributed by atoms with van der Waals surface area (Å²) in [4.78, 5) is 3.97. The molecule has 4 heteroatoms. The molecule has 0 N–H and O–H groups in total. The Labute approximate surface area is 67.7 Å². The molecule has 0 fully saturated rings. The first-order valence-corrected chi connectivity index (χ1v) is 3.99. The lowest BCUT2D eigenvalue weighted by molar-refractivity contribution is 0.399. The highest BCUT2D eigenvalue weighted by Crippen LogP contribution is 2.20. The summed E-state index contributed by atoms with van der Waals surface area (Å²) >= 11 is 1.50. The summed E-state index contributed by atoms with van der Waals surface area (Å²) in [6.07, 6.45) is 2.72. The second-order valence-corrected chi connectivity index (χ2v) is 2.96. The van der Waals surface area contributed by atoms with Crippen LogP contribution in [-0.2, 0) is 0 Å². The number of thiazole rings is 1. The number of aromatic nitrogens is 2. The van der Waals surface area contributed by atoms with Crippen molar-refractivity contribution in [2.24, 2.45) is 0 Å². The zero-order valence-corrected chi connectivity index (χ0v) is 6.68. The Bertz CT molecular complexity index is 339. The number of nitrogens with zero attached hydrogens (tertiary/aromatic N) is 2. The average Bonchev–Trinajstić information content (AvgIpc) is 2.55. The lowest BCUT2D eigenvalue weighted by atomic mass is 10.4. The van der Waals surface area contributed by atoms with Crippen LogP contribution in [-0.4, -0.2) is 10.1 Å². The van der Waals surface area contributed by atoms with E-state index < -0.39 is 0 Å². The van der Waals surface area contributed by atoms with Crippen molar-refractivity contribution >= 4 is 11.3 Å². The quantitative estimate of drug-likeness (QED) is 0.647. The monoisotopic (exact) mass is 165 g/mol. The predicted molar refractivity (Wildman–Crippen MR) is 41.2 cm³/mol. The maximum Gasteiger partial charge on any atom is 0.146 e. The first kappa shape index (κ1) is 6.54. The number of rotatable bonds is 1. The normalized spacial score (nSPS) is 10.3. The van der Waals surface area contributed by atoms with E-state index >= 15 is 0 Å². The molecular formula is C7H5N2OS. The highest BCUT2D eigenvalue weighted by molar-refractivity contribution is 7.13. The van der Waals surface area contributed by atoms with Crippen LogP contribution in [0, 0.1) is 13.1 Å². The maximum absolute atomic E-state index is 4.89. The molecule has 55 valence electrons. The summed E-state index contributed by atoms with van der Waals surface area (Å²) in [5, 5.41) is 6.45. The summed E-state index contributed by atoms with van der Waals surface area (Å²) in [6, 6.07) is 1.85. The van der Waals surface area contributed by atoms with Gasteiger partial charge in [0, 0.05) is 11.4 Å². The molecule has 2 aromatic heterocycles. The molecule has 0 amide bonds. The molecule has 0 aromatic carbocycles. The standard InChI is InChI=1S/C7H5N2OS/c1-5-4-6(9-10-5)7-8-2-3-11-7/h3-4H,1H3. The van der Waals surface area contributed by atoms with E-state index in [2.05, 4.69) is 16.3 Å². The minimum absolute atomic E-state index is 0.786. The van der Waals surface area contributed by atoms with Crippen LogP contribution in [0.25, 0.3) is 10.7 Å². The summed E-state index contributed by atoms with van der Waals surface area (Å²) < 4.78 is 4.89. The fraction of sp³-hybridized carbons (Fsp3) is 0.143. The second-order valence-electron chi connectivity index (χ2n) is 2.10. The fourth-order valence-corrected chi connectivity index (χ4v) is 1.32. The van der Waals surface area contributed by atoms with Crippen LogP contribution in [0.1, 0.15) is 5.76 Å². The maximum atomic E-state index is 4.89. The molecular weight excluding hydrogens is 160 g/mol. The minimum Gasteiger partial charge on any atom is -0.361 e. The Morgan fingerprint density at radius 3 is 3.09 bits per heavy atom. The van der Waals surface area contributed by atoms with Crippen molar-refractivity contribution in [1.82, 2.24) is 10.1 Å². The van der Waals surface area contributed by atoms with Crippen LogP contribution in [0.3, 0.4) is 0 Å². The van der Waals surface area contributed by atoms with Gasteiger partial charge in [0.15, 0.2) is 0 Å². The second kappa shape index (κ2) is 2.47. The van der Waals surface area contributed by atoms with Crippen LogP contribution >= 0.6 is 11.3 Å². The van der Waals surface area contributed by atoms with Crippen molar-refractivity contribution in [3.8, 4) is 10.7 Å². The van der Waals surface area contributed by atoms with E-state index in [0.29, 0.717) is 0 Å². The fourth-order valence-electron chi connectivity index (χ4n) is 0.778. The molecule has 2 rings (SSSR count). The van der Waals surface area contributed by atoms with E-state index in [1.807, 2.05) is 13.0 Å². The van der Waals surface area contributed by atoms with Crippen molar-refractivity contribution in [2.45, 2.75) is 6.92 Å². The topological polar surface area (TPSA) is 38.9 Å². The molecule has 1 radical (unpaired) electrons. The van der Waals surface area contributed by atoms with Gasteiger partial charge in [0.2, 0.25) is 0 Å². The summed E-state index contributed by atoms with van der Waals surface area (Å²) in [6.45, 7) is 1.85. The van der Waals surface area contributed by atoms with Gasteiger partial charge in [-0.1, -0.05) is 5.16 Å². The SMILES string of the molecule is Cc1cc(-c2n[c]cs2)no1. The van der Waals surface area contributed by atoms with E-state index in [0.717, 1.165) is 16.5 Å². The third-order valence-electron chi connectivity index (χ3n) is 1.24. The van der Waals surface area contributed by atoms with E-state index in [4.69, 9.17) is 4.52 Å². The molecule has 0 saturated heterocycles. The van der Waals surface area contributed by atoms with Crippen LogP contribution in [0.2, 0.25) is 0 Å². The molecule has 0 aliphatic heterocycles. The Morgan fingerprint density at radius 2 is 2.55 bits per heavy atom. The van der Waals surface area contributed by atoms with Crippen molar-refractivity contribution in [3.05, 3.63) is 23.4 Å². The zero-order chi connectivity index (χ0) is 7.68. The number of aryl methyl sites for hydroxylation is 1. The first-order chi connectivity index (χ1) is 5.36. The molecule has 0 spiro atoms. The third kappa shape index (κ3) is 1.17. The molecule has 0 atom stereocenters. The first-order valence-electron chi connectivity index (χ1n) is 3.11. The van der Waals surface area contributed by atoms with Gasteiger partial charge < -0.3 is 4.52 Å². The van der Waals surface area contributed by atoms with Gasteiger partial charge >= 0.3 is 0 Å². The number of hydrogen-bond acceptors (Lipinski definition) is 4. The van der Waals surface area contributed by atoms with Crippen LogP contribution in [0.4, 0.5) is 0 Å². The van der Waals surface area contributed by atoms with Gasteiger partial charge in [-0.3, -0.25) is 0 Å². The van der Waals surface area contributed by atoms with E-state index in [9.17, 15) is 0 Å². The van der Waals surface area contributed by atoms with Crippen LogP contribution in [0.15, 0.2) is 16.0 Å². The van der Waals surface area contributed by atoms with Gasteiger partial charge in [0.25, 0.3) is 0 Å². The molecule has 3 nitrogen and oxygen atoms in total. The predicted octanol–water partition coefficient (Wildman–Crippen LogP) is 1.91. The molecule has 11 heavy (non-hydrogen) atoms. The van der Waals surface area contributed by atoms with Crippen molar-refractivity contribution in [3.63, 3.8) is 0 Å². The van der Waals surface area contributed by atoms with Gasteiger partial charge in [0.1, 0.15) is 22.7 Å². The highest BCUT2D eigenvalue weighted by Gasteiger charge is 2.04. The Kier molecular flexibility index (Phi) is 1.47. The summed E-state index contributed by atoms with van der Waals surface area (Å²) in [5.41, 5.74) is 0.786. The Hall–Kier alpha value is -1.16. The minimum atomic E-state index is 0.786. The highest BCUT2D eigenvalue weighted by atomic mass is 32.1. The molecule has 0 aliphatic carbocycles. The van der Waals surface area contributed by atoms with Crippen molar-refractivity contribution < 1.29 is 4.52 Å². The van der Waals surface area contributed by atoms with E-state index in [1.165, 1.54) is 11.3 Å². The van der Waals surface area contributed by atoms with Crippen LogP contribution in [0.5, 0.6) is 0 Å². The molecule has 0 unspecified atom stereocenters. The largest absolute Gasteiger partial charge is 0.361 e. The third-order valence-corrected chi connectivity index (χ3v) is 1.98. The lowest BCUT2D eigenvalue weighted by Crippen LogP contribution is -1.71. The Balaban J connectivity index is 2.45. The van der Waals surface area contributed by atoms with E-state index in [-0.39, 0.29) is 0 Å². The molecule has 2 heterocycles. The lowest BCUT2D eigenvalue weighted by Gasteiger charge is -1.80. The Morgan fingerprint density at radius 1 is 1.64 bits per heavy atom. The zero-order valence-electron chi connectivity index (χ0n) is 5.87. The van der Waals surface area contributed by atoms with Gasteiger partial charge in [-0.05, 0) is 6.92 Å². The van der Waals surface area contributed by atoms with Gasteiger partial charge in [-0.2, -0.15) is 0 Å². The average molecular weight is 165 g/mol. The molecule has 0 bridgehead atoms. The molecule has 0 saturated carbocycles. The van der Waals surface area contributed by atoms with Gasteiger partial charge in [0.05, 0.1) is 0 Å². The van der Waals surface area contributed by atoms with Crippen LogP contribution < -0.4 is 0 Å². The van der Waals surface area contributed by atoms with E-state index in [1.54, 1.807) is 5.38 Å². The molecule has 0 aliphatic rings. The molecule has 2 aromatic rings. The summed E-state index contributed by atoms with van der Waals surface area (Å²) in [5.74, 6) is 0.801. The summed E-state index contributed by atoms with van der Waals surface area (Å²) in [7, 11) is 0. The van der Waals surface area contributed by atoms with Crippen molar-refractivity contribution in [1.29, 1.82) is 0 Å². The van der Waals surface area contributed by atoms with Gasteiger partial charge in [-0.15, -0.1) is 11.3 Å².